The Bertz CT molecular complexity index is 532. The molecule has 2 N–H and O–H groups in total. The molecule has 0 fully saturated rings. The number of aromatic nitrogens is 1. The monoisotopic (exact) mass is 291 g/mol. The van der Waals surface area contributed by atoms with Gasteiger partial charge in [0, 0.05) is 13.6 Å². The van der Waals surface area contributed by atoms with Crippen LogP contribution in [0.5, 0.6) is 0 Å². The zero-order valence-corrected chi connectivity index (χ0v) is 11.8. The highest BCUT2D eigenvalue weighted by Gasteiger charge is 2.19. The standard InChI is InChI=1S/C10H17N3O5S/c1-7-8(2)18-9(12-7)6-11-19(16,17)13(3)5-4-10(14)15/h11H,4-6H2,1-3H3,(H,14,15). The Hall–Kier alpha value is -1.45. The normalized spacial score (nSPS) is 12.0. The molecule has 0 aliphatic rings. The largest absolute Gasteiger partial charge is 0.481 e. The summed E-state index contributed by atoms with van der Waals surface area (Å²) in [6, 6.07) is 0. The molecule has 0 amide bonds. The molecule has 0 saturated heterocycles. The Labute approximate surface area is 111 Å². The van der Waals surface area contributed by atoms with Gasteiger partial charge in [0.05, 0.1) is 18.7 Å². The molecule has 19 heavy (non-hydrogen) atoms. The molecular weight excluding hydrogens is 274 g/mol. The number of aryl methyl sites for hydroxylation is 2. The van der Waals surface area contributed by atoms with Crippen LogP contribution in [0, 0.1) is 13.8 Å². The number of carbonyl (C=O) groups is 1. The summed E-state index contributed by atoms with van der Waals surface area (Å²) in [5, 5.41) is 8.50. The number of carboxylic acids is 1. The highest BCUT2D eigenvalue weighted by molar-refractivity contribution is 7.87. The van der Waals surface area contributed by atoms with Gasteiger partial charge in [0.1, 0.15) is 5.76 Å². The number of nitrogens with zero attached hydrogens (tertiary/aromatic N) is 2. The van der Waals surface area contributed by atoms with Gasteiger partial charge in [0.2, 0.25) is 5.89 Å². The van der Waals surface area contributed by atoms with E-state index in [0.29, 0.717) is 11.5 Å². The third-order valence-electron chi connectivity index (χ3n) is 2.53. The lowest BCUT2D eigenvalue weighted by Crippen LogP contribution is -2.38. The second-order valence-corrected chi connectivity index (χ2v) is 5.90. The molecular formula is C10H17N3O5S. The van der Waals surface area contributed by atoms with Crippen LogP contribution in [-0.2, 0) is 21.5 Å². The first-order valence-corrected chi connectivity index (χ1v) is 7.02. The lowest BCUT2D eigenvalue weighted by atomic mass is 10.4. The number of nitrogens with one attached hydrogen (secondary N) is 1. The first-order valence-electron chi connectivity index (χ1n) is 5.58. The zero-order chi connectivity index (χ0) is 14.6. The molecule has 1 aromatic heterocycles. The summed E-state index contributed by atoms with van der Waals surface area (Å²) in [5.41, 5.74) is 0.702. The Kier molecular flexibility index (Phi) is 5.04. The minimum atomic E-state index is -3.74. The first-order chi connectivity index (χ1) is 8.72. The van der Waals surface area contributed by atoms with Crippen LogP contribution in [0.4, 0.5) is 0 Å². The number of oxazole rings is 1. The Morgan fingerprint density at radius 3 is 2.58 bits per heavy atom. The summed E-state index contributed by atoms with van der Waals surface area (Å²) in [6.45, 7) is 3.32. The molecule has 0 aliphatic carbocycles. The molecule has 9 heteroatoms. The van der Waals surface area contributed by atoms with Gasteiger partial charge in [-0.3, -0.25) is 4.79 Å². The van der Waals surface area contributed by atoms with Crippen molar-refractivity contribution in [1.82, 2.24) is 14.0 Å². The Morgan fingerprint density at radius 1 is 1.47 bits per heavy atom. The maximum atomic E-state index is 11.8. The van der Waals surface area contributed by atoms with Gasteiger partial charge in [-0.05, 0) is 13.8 Å². The van der Waals surface area contributed by atoms with E-state index in [1.807, 2.05) is 0 Å². The van der Waals surface area contributed by atoms with Crippen molar-refractivity contribution in [3.8, 4) is 0 Å². The predicted molar refractivity (Wildman–Crippen MR) is 66.6 cm³/mol. The van der Waals surface area contributed by atoms with E-state index in [1.54, 1.807) is 13.8 Å². The van der Waals surface area contributed by atoms with E-state index in [0.717, 1.165) is 4.31 Å². The van der Waals surface area contributed by atoms with Crippen molar-refractivity contribution in [2.75, 3.05) is 13.6 Å². The van der Waals surface area contributed by atoms with Gasteiger partial charge in [-0.25, -0.2) is 4.98 Å². The van der Waals surface area contributed by atoms with Crippen molar-refractivity contribution in [2.24, 2.45) is 0 Å². The molecule has 0 spiro atoms. The second kappa shape index (κ2) is 6.13. The fourth-order valence-corrected chi connectivity index (χ4v) is 2.11. The van der Waals surface area contributed by atoms with Crippen LogP contribution < -0.4 is 4.72 Å². The smallest absolute Gasteiger partial charge is 0.304 e. The minimum Gasteiger partial charge on any atom is -0.481 e. The van der Waals surface area contributed by atoms with Crippen molar-refractivity contribution in [1.29, 1.82) is 0 Å². The molecule has 0 bridgehead atoms. The van der Waals surface area contributed by atoms with Crippen molar-refractivity contribution >= 4 is 16.2 Å². The van der Waals surface area contributed by atoms with Crippen LogP contribution in [0.15, 0.2) is 4.42 Å². The summed E-state index contributed by atoms with van der Waals surface area (Å²) in [4.78, 5) is 14.4. The second-order valence-electron chi connectivity index (χ2n) is 4.04. The van der Waals surface area contributed by atoms with E-state index in [4.69, 9.17) is 9.52 Å². The number of hydrogen-bond donors (Lipinski definition) is 2. The molecule has 0 aromatic carbocycles. The molecule has 8 nitrogen and oxygen atoms in total. The third-order valence-corrected chi connectivity index (χ3v) is 4.04. The Morgan fingerprint density at radius 2 is 2.11 bits per heavy atom. The van der Waals surface area contributed by atoms with Gasteiger partial charge in [0.25, 0.3) is 10.2 Å². The van der Waals surface area contributed by atoms with Crippen molar-refractivity contribution in [3.05, 3.63) is 17.3 Å². The van der Waals surface area contributed by atoms with E-state index in [-0.39, 0.29) is 25.4 Å². The summed E-state index contributed by atoms with van der Waals surface area (Å²) < 4.78 is 32.0. The molecule has 0 atom stereocenters. The molecule has 0 unspecified atom stereocenters. The third kappa shape index (κ3) is 4.62. The summed E-state index contributed by atoms with van der Waals surface area (Å²) >= 11 is 0. The van der Waals surface area contributed by atoms with E-state index in [1.165, 1.54) is 7.05 Å². The summed E-state index contributed by atoms with van der Waals surface area (Å²) in [5.74, 6) is -0.153. The van der Waals surface area contributed by atoms with Crippen molar-refractivity contribution in [3.63, 3.8) is 0 Å². The molecule has 0 aliphatic heterocycles. The van der Waals surface area contributed by atoms with Crippen LogP contribution in [0.3, 0.4) is 0 Å². The van der Waals surface area contributed by atoms with Crippen LogP contribution in [0.25, 0.3) is 0 Å². The van der Waals surface area contributed by atoms with Gasteiger partial charge < -0.3 is 9.52 Å². The topological polar surface area (TPSA) is 113 Å². The lowest BCUT2D eigenvalue weighted by Gasteiger charge is -2.15. The van der Waals surface area contributed by atoms with Crippen molar-refractivity contribution < 1.29 is 22.7 Å². The lowest BCUT2D eigenvalue weighted by molar-refractivity contribution is -0.137. The maximum Gasteiger partial charge on any atom is 0.304 e. The molecule has 1 heterocycles. The number of rotatable bonds is 7. The number of hydrogen-bond acceptors (Lipinski definition) is 5. The van der Waals surface area contributed by atoms with Gasteiger partial charge in [-0.2, -0.15) is 17.4 Å². The Balaban J connectivity index is 2.57. The fraction of sp³-hybridized carbons (Fsp3) is 0.600. The SMILES string of the molecule is Cc1nc(CNS(=O)(=O)N(C)CCC(=O)O)oc1C. The van der Waals surface area contributed by atoms with E-state index < -0.39 is 16.2 Å². The molecule has 1 rings (SSSR count). The van der Waals surface area contributed by atoms with Crippen LogP contribution in [0.2, 0.25) is 0 Å². The van der Waals surface area contributed by atoms with Crippen LogP contribution in [-0.4, -0.2) is 42.4 Å². The maximum absolute atomic E-state index is 11.8. The molecule has 0 radical (unpaired) electrons. The first kappa shape index (κ1) is 15.6. The summed E-state index contributed by atoms with van der Waals surface area (Å²) in [6.07, 6.45) is -0.255. The predicted octanol–water partition coefficient (Wildman–Crippen LogP) is 0.0323. The molecule has 1 aromatic rings. The highest BCUT2D eigenvalue weighted by atomic mass is 32.2. The quantitative estimate of drug-likeness (QED) is 0.733. The zero-order valence-electron chi connectivity index (χ0n) is 11.0. The fourth-order valence-electron chi connectivity index (χ4n) is 1.25. The number of carboxylic acid groups (broad SMARTS) is 1. The summed E-state index contributed by atoms with van der Waals surface area (Å²) in [7, 11) is -2.43. The molecule has 108 valence electrons. The van der Waals surface area contributed by atoms with E-state index >= 15 is 0 Å². The van der Waals surface area contributed by atoms with Gasteiger partial charge >= 0.3 is 5.97 Å². The van der Waals surface area contributed by atoms with Gasteiger partial charge in [0.15, 0.2) is 0 Å². The highest BCUT2D eigenvalue weighted by Crippen LogP contribution is 2.08. The van der Waals surface area contributed by atoms with Crippen molar-refractivity contribution in [2.45, 2.75) is 26.8 Å². The average Bonchev–Trinajstić information content (AvgIpc) is 2.63. The van der Waals surface area contributed by atoms with E-state index in [2.05, 4.69) is 9.71 Å². The van der Waals surface area contributed by atoms with Gasteiger partial charge in [-0.1, -0.05) is 0 Å². The minimum absolute atomic E-state index is 0.0750. The number of aliphatic carboxylic acids is 1. The van der Waals surface area contributed by atoms with Crippen LogP contribution in [0.1, 0.15) is 23.8 Å². The van der Waals surface area contributed by atoms with Gasteiger partial charge in [-0.15, -0.1) is 0 Å². The van der Waals surface area contributed by atoms with Crippen LogP contribution >= 0.6 is 0 Å². The molecule has 0 saturated carbocycles. The average molecular weight is 291 g/mol. The van der Waals surface area contributed by atoms with E-state index in [9.17, 15) is 13.2 Å².